The standard InChI is InChI=1S/C10H19N5/c1-2-6-13-9(11)14-10(12)15-7-4-3-5-8-15/h3-4H,2,5-8H2,1H3,(H4,11,12,13,14). The van der Waals surface area contributed by atoms with Crippen molar-refractivity contribution in [1.82, 2.24) is 4.90 Å². The van der Waals surface area contributed by atoms with Gasteiger partial charge in [0.2, 0.25) is 5.96 Å². The maximum Gasteiger partial charge on any atom is 0.218 e. The van der Waals surface area contributed by atoms with Gasteiger partial charge in [0.15, 0.2) is 5.96 Å². The minimum Gasteiger partial charge on any atom is -0.369 e. The number of guanidine groups is 2. The lowest BCUT2D eigenvalue weighted by atomic mass is 10.3. The van der Waals surface area contributed by atoms with Crippen LogP contribution in [0.5, 0.6) is 0 Å². The average molecular weight is 209 g/mol. The van der Waals surface area contributed by atoms with Crippen molar-refractivity contribution in [3.05, 3.63) is 12.2 Å². The van der Waals surface area contributed by atoms with Crippen LogP contribution in [-0.2, 0) is 0 Å². The third-order valence-electron chi connectivity index (χ3n) is 2.11. The second kappa shape index (κ2) is 6.06. The summed E-state index contributed by atoms with van der Waals surface area (Å²) in [5, 5.41) is 0. The molecule has 84 valence electrons. The SMILES string of the molecule is CCCN=C(N)/N=C(\N)N1CC=CCC1. The molecule has 0 atom stereocenters. The fourth-order valence-electron chi connectivity index (χ4n) is 1.30. The van der Waals surface area contributed by atoms with Gasteiger partial charge in [-0.2, -0.15) is 4.99 Å². The Labute approximate surface area is 90.6 Å². The number of rotatable bonds is 2. The summed E-state index contributed by atoms with van der Waals surface area (Å²) in [6, 6.07) is 0. The lowest BCUT2D eigenvalue weighted by molar-refractivity contribution is 0.450. The molecule has 0 aromatic heterocycles. The molecule has 1 rings (SSSR count). The van der Waals surface area contributed by atoms with Crippen LogP contribution in [0.2, 0.25) is 0 Å². The molecule has 0 saturated carbocycles. The summed E-state index contributed by atoms with van der Waals surface area (Å²) < 4.78 is 0. The largest absolute Gasteiger partial charge is 0.369 e. The second-order valence-electron chi connectivity index (χ2n) is 3.42. The zero-order valence-corrected chi connectivity index (χ0v) is 9.19. The highest BCUT2D eigenvalue weighted by molar-refractivity contribution is 5.93. The van der Waals surface area contributed by atoms with Gasteiger partial charge in [-0.3, -0.25) is 4.99 Å². The molecular weight excluding hydrogens is 190 g/mol. The molecule has 0 bridgehead atoms. The number of hydrogen-bond acceptors (Lipinski definition) is 1. The Kier molecular flexibility index (Phi) is 4.66. The van der Waals surface area contributed by atoms with Gasteiger partial charge in [0.05, 0.1) is 0 Å². The Balaban J connectivity index is 2.54. The summed E-state index contributed by atoms with van der Waals surface area (Å²) in [4.78, 5) is 10.1. The van der Waals surface area contributed by atoms with Crippen LogP contribution in [0.25, 0.3) is 0 Å². The van der Waals surface area contributed by atoms with Gasteiger partial charge < -0.3 is 16.4 Å². The van der Waals surface area contributed by atoms with Crippen LogP contribution in [-0.4, -0.2) is 36.5 Å². The second-order valence-corrected chi connectivity index (χ2v) is 3.42. The summed E-state index contributed by atoms with van der Waals surface area (Å²) in [7, 11) is 0. The third-order valence-corrected chi connectivity index (χ3v) is 2.11. The van der Waals surface area contributed by atoms with Gasteiger partial charge in [0.25, 0.3) is 0 Å². The summed E-state index contributed by atoms with van der Waals surface area (Å²) in [5.74, 6) is 0.723. The zero-order chi connectivity index (χ0) is 11.1. The minimum atomic E-state index is 0.268. The van der Waals surface area contributed by atoms with Gasteiger partial charge in [-0.1, -0.05) is 19.1 Å². The van der Waals surface area contributed by atoms with Crippen molar-refractivity contribution >= 4 is 11.9 Å². The predicted octanol–water partition coefficient (Wildman–Crippen LogP) is 0.288. The van der Waals surface area contributed by atoms with Crippen LogP contribution in [0.4, 0.5) is 0 Å². The number of nitrogens with two attached hydrogens (primary N) is 2. The van der Waals surface area contributed by atoms with Crippen LogP contribution in [0.1, 0.15) is 19.8 Å². The maximum absolute atomic E-state index is 5.80. The highest BCUT2D eigenvalue weighted by Gasteiger charge is 2.08. The molecule has 5 heteroatoms. The lowest BCUT2D eigenvalue weighted by Crippen LogP contribution is -2.40. The molecule has 0 saturated heterocycles. The molecule has 0 amide bonds. The van der Waals surface area contributed by atoms with Crippen LogP contribution in [0.15, 0.2) is 22.1 Å². The Bertz CT molecular complexity index is 280. The van der Waals surface area contributed by atoms with E-state index in [0.29, 0.717) is 12.5 Å². The molecule has 0 spiro atoms. The minimum absolute atomic E-state index is 0.268. The van der Waals surface area contributed by atoms with Gasteiger partial charge in [-0.25, -0.2) is 0 Å². The summed E-state index contributed by atoms with van der Waals surface area (Å²) in [5.41, 5.74) is 11.4. The molecule has 0 fully saturated rings. The first-order valence-electron chi connectivity index (χ1n) is 5.28. The molecular formula is C10H19N5. The number of nitrogens with zero attached hydrogens (tertiary/aromatic N) is 3. The molecule has 0 aromatic rings. The van der Waals surface area contributed by atoms with Crippen LogP contribution in [0, 0.1) is 0 Å². The van der Waals surface area contributed by atoms with E-state index in [4.69, 9.17) is 11.5 Å². The van der Waals surface area contributed by atoms with Crippen molar-refractivity contribution in [2.45, 2.75) is 19.8 Å². The summed E-state index contributed by atoms with van der Waals surface area (Å²) in [6.45, 7) is 4.44. The van der Waals surface area contributed by atoms with E-state index in [0.717, 1.165) is 25.9 Å². The molecule has 0 radical (unpaired) electrons. The van der Waals surface area contributed by atoms with Crippen molar-refractivity contribution in [2.75, 3.05) is 19.6 Å². The lowest BCUT2D eigenvalue weighted by Gasteiger charge is -2.23. The van der Waals surface area contributed by atoms with E-state index in [1.807, 2.05) is 11.8 Å². The number of aliphatic imine (C=N–C) groups is 2. The van der Waals surface area contributed by atoms with Gasteiger partial charge in [-0.05, 0) is 12.8 Å². The van der Waals surface area contributed by atoms with Crippen molar-refractivity contribution in [1.29, 1.82) is 0 Å². The molecule has 0 unspecified atom stereocenters. The molecule has 4 N–H and O–H groups in total. The first-order valence-corrected chi connectivity index (χ1v) is 5.28. The van der Waals surface area contributed by atoms with Gasteiger partial charge in [0.1, 0.15) is 0 Å². The third kappa shape index (κ3) is 4.01. The topological polar surface area (TPSA) is 80.0 Å². The van der Waals surface area contributed by atoms with Crippen LogP contribution < -0.4 is 11.5 Å². The van der Waals surface area contributed by atoms with E-state index in [-0.39, 0.29) is 5.96 Å². The van der Waals surface area contributed by atoms with Gasteiger partial charge >= 0.3 is 0 Å². The summed E-state index contributed by atoms with van der Waals surface area (Å²) in [6.07, 6.45) is 6.17. The zero-order valence-electron chi connectivity index (χ0n) is 9.19. The van der Waals surface area contributed by atoms with Crippen LogP contribution >= 0.6 is 0 Å². The first kappa shape index (κ1) is 11.6. The van der Waals surface area contributed by atoms with Crippen molar-refractivity contribution in [3.63, 3.8) is 0 Å². The van der Waals surface area contributed by atoms with Crippen LogP contribution in [0.3, 0.4) is 0 Å². The predicted molar refractivity (Wildman–Crippen MR) is 63.7 cm³/mol. The molecule has 15 heavy (non-hydrogen) atoms. The first-order chi connectivity index (χ1) is 7.24. The van der Waals surface area contributed by atoms with E-state index < -0.39 is 0 Å². The highest BCUT2D eigenvalue weighted by Crippen LogP contribution is 2.00. The van der Waals surface area contributed by atoms with Crippen molar-refractivity contribution < 1.29 is 0 Å². The smallest absolute Gasteiger partial charge is 0.218 e. The van der Waals surface area contributed by atoms with E-state index in [1.54, 1.807) is 0 Å². The fourth-order valence-corrected chi connectivity index (χ4v) is 1.30. The Morgan fingerprint density at radius 2 is 2.20 bits per heavy atom. The van der Waals surface area contributed by atoms with Crippen molar-refractivity contribution in [2.24, 2.45) is 21.5 Å². The van der Waals surface area contributed by atoms with Crippen molar-refractivity contribution in [3.8, 4) is 0 Å². The van der Waals surface area contributed by atoms with Gasteiger partial charge in [-0.15, -0.1) is 0 Å². The molecule has 0 aromatic carbocycles. The quantitative estimate of drug-likeness (QED) is 0.389. The highest BCUT2D eigenvalue weighted by atomic mass is 15.3. The maximum atomic E-state index is 5.80. The summed E-state index contributed by atoms with van der Waals surface area (Å²) >= 11 is 0. The molecule has 1 heterocycles. The van der Waals surface area contributed by atoms with E-state index in [9.17, 15) is 0 Å². The van der Waals surface area contributed by atoms with Gasteiger partial charge in [0, 0.05) is 19.6 Å². The average Bonchev–Trinajstić information content (AvgIpc) is 2.27. The van der Waals surface area contributed by atoms with E-state index in [1.165, 1.54) is 0 Å². The molecule has 1 aliphatic heterocycles. The normalized spacial score (nSPS) is 18.3. The fraction of sp³-hybridized carbons (Fsp3) is 0.600. The van der Waals surface area contributed by atoms with E-state index >= 15 is 0 Å². The molecule has 0 aliphatic carbocycles. The number of hydrogen-bond donors (Lipinski definition) is 2. The Morgan fingerprint density at radius 3 is 2.80 bits per heavy atom. The molecule has 1 aliphatic rings. The van der Waals surface area contributed by atoms with E-state index in [2.05, 4.69) is 22.1 Å². The monoisotopic (exact) mass is 209 g/mol. The Morgan fingerprint density at radius 1 is 1.40 bits per heavy atom. The molecule has 5 nitrogen and oxygen atoms in total. The Hall–Kier alpha value is -1.52.